The van der Waals surface area contributed by atoms with E-state index in [4.69, 9.17) is 4.74 Å². The van der Waals surface area contributed by atoms with Crippen molar-refractivity contribution < 1.29 is 13.9 Å². The molecule has 27 heavy (non-hydrogen) atoms. The third-order valence-corrected chi connectivity index (χ3v) is 5.50. The molecule has 0 unspecified atom stereocenters. The van der Waals surface area contributed by atoms with Crippen molar-refractivity contribution in [1.29, 1.82) is 0 Å². The highest BCUT2D eigenvalue weighted by Crippen LogP contribution is 2.24. The third kappa shape index (κ3) is 4.19. The van der Waals surface area contributed by atoms with Crippen LogP contribution in [0.25, 0.3) is 11.1 Å². The first kappa shape index (κ1) is 17.7. The topological polar surface area (TPSA) is 29.5 Å². The number of hydrogen-bond donors (Lipinski definition) is 0. The Morgan fingerprint density at radius 3 is 2.48 bits per heavy atom. The van der Waals surface area contributed by atoms with E-state index in [2.05, 4.69) is 11.4 Å². The van der Waals surface area contributed by atoms with Crippen molar-refractivity contribution in [3.05, 3.63) is 76.7 Å². The Kier molecular flexibility index (Phi) is 5.21. The first-order valence-corrected chi connectivity index (χ1v) is 9.97. The number of carbonyl (C=O) groups is 1. The Hall–Kier alpha value is -2.66. The van der Waals surface area contributed by atoms with Crippen LogP contribution in [0.4, 0.5) is 4.39 Å². The van der Waals surface area contributed by atoms with Crippen molar-refractivity contribution in [2.24, 2.45) is 0 Å². The Balaban J connectivity index is 1.34. The lowest BCUT2D eigenvalue weighted by molar-refractivity contribution is 0.0595. The Morgan fingerprint density at radius 2 is 1.81 bits per heavy atom. The SMILES string of the molecule is O=C(c1ccc(-c2ccsc2)cc1)N1CCC(Oc2cccc(F)c2)CC1. The molecule has 0 bridgehead atoms. The van der Waals surface area contributed by atoms with Gasteiger partial charge in [0.25, 0.3) is 5.91 Å². The summed E-state index contributed by atoms with van der Waals surface area (Å²) in [6.07, 6.45) is 1.50. The van der Waals surface area contributed by atoms with E-state index in [0.29, 0.717) is 24.4 Å². The smallest absolute Gasteiger partial charge is 0.253 e. The number of ether oxygens (including phenoxy) is 1. The molecule has 1 amide bonds. The van der Waals surface area contributed by atoms with Gasteiger partial charge in [-0.15, -0.1) is 0 Å². The van der Waals surface area contributed by atoms with Gasteiger partial charge in [-0.25, -0.2) is 4.39 Å². The molecule has 3 aromatic rings. The fourth-order valence-corrected chi connectivity index (χ4v) is 3.99. The largest absolute Gasteiger partial charge is 0.490 e. The summed E-state index contributed by atoms with van der Waals surface area (Å²) in [4.78, 5) is 14.6. The number of amides is 1. The predicted molar refractivity (Wildman–Crippen MR) is 106 cm³/mol. The van der Waals surface area contributed by atoms with Crippen LogP contribution in [0.3, 0.4) is 0 Å². The third-order valence-electron chi connectivity index (χ3n) is 4.81. The minimum absolute atomic E-state index is 0.0109. The number of hydrogen-bond acceptors (Lipinski definition) is 3. The quantitative estimate of drug-likeness (QED) is 0.619. The van der Waals surface area contributed by atoms with Crippen LogP contribution in [0.15, 0.2) is 65.4 Å². The van der Waals surface area contributed by atoms with Gasteiger partial charge in [-0.3, -0.25) is 4.79 Å². The average molecular weight is 381 g/mol. The van der Waals surface area contributed by atoms with Crippen molar-refractivity contribution >= 4 is 17.2 Å². The van der Waals surface area contributed by atoms with Crippen LogP contribution in [-0.4, -0.2) is 30.0 Å². The summed E-state index contributed by atoms with van der Waals surface area (Å²) in [6, 6.07) is 16.0. The number of nitrogens with zero attached hydrogens (tertiary/aromatic N) is 1. The van der Waals surface area contributed by atoms with Gasteiger partial charge in [0.15, 0.2) is 0 Å². The van der Waals surface area contributed by atoms with E-state index < -0.39 is 0 Å². The van der Waals surface area contributed by atoms with Gasteiger partial charge >= 0.3 is 0 Å². The summed E-state index contributed by atoms with van der Waals surface area (Å²) in [5, 5.41) is 4.14. The van der Waals surface area contributed by atoms with E-state index in [1.54, 1.807) is 23.5 Å². The predicted octanol–water partition coefficient (Wildman–Crippen LogP) is 5.24. The summed E-state index contributed by atoms with van der Waals surface area (Å²) >= 11 is 1.66. The lowest BCUT2D eigenvalue weighted by Crippen LogP contribution is -2.41. The maximum atomic E-state index is 13.3. The molecule has 2 aromatic carbocycles. The van der Waals surface area contributed by atoms with Gasteiger partial charge in [0.05, 0.1) is 0 Å². The molecule has 2 heterocycles. The molecular weight excluding hydrogens is 361 g/mol. The molecule has 1 aliphatic heterocycles. The van der Waals surface area contributed by atoms with Gasteiger partial charge < -0.3 is 9.64 Å². The summed E-state index contributed by atoms with van der Waals surface area (Å²) in [7, 11) is 0. The maximum Gasteiger partial charge on any atom is 0.253 e. The molecule has 0 spiro atoms. The van der Waals surface area contributed by atoms with Crippen LogP contribution in [0.2, 0.25) is 0 Å². The van der Waals surface area contributed by atoms with Crippen molar-refractivity contribution in [1.82, 2.24) is 4.90 Å². The summed E-state index contributed by atoms with van der Waals surface area (Å²) in [5.41, 5.74) is 3.00. The van der Waals surface area contributed by atoms with Crippen LogP contribution in [0.1, 0.15) is 23.2 Å². The lowest BCUT2D eigenvalue weighted by atomic mass is 10.0. The number of thiophene rings is 1. The standard InChI is InChI=1S/C22H20FNO2S/c23-19-2-1-3-21(14-19)26-20-8-11-24(12-9-20)22(25)17-6-4-16(5-7-17)18-10-13-27-15-18/h1-7,10,13-15,20H,8-9,11-12H2. The first-order valence-electron chi connectivity index (χ1n) is 9.03. The normalized spacial score (nSPS) is 14.9. The van der Waals surface area contributed by atoms with Crippen molar-refractivity contribution in [3.8, 4) is 16.9 Å². The van der Waals surface area contributed by atoms with Crippen molar-refractivity contribution in [3.63, 3.8) is 0 Å². The Morgan fingerprint density at radius 1 is 1.04 bits per heavy atom. The molecule has 0 aliphatic carbocycles. The van der Waals surface area contributed by atoms with E-state index in [0.717, 1.165) is 18.4 Å². The molecule has 138 valence electrons. The van der Waals surface area contributed by atoms with Crippen LogP contribution < -0.4 is 4.74 Å². The van der Waals surface area contributed by atoms with Crippen LogP contribution in [0.5, 0.6) is 5.75 Å². The molecule has 4 rings (SSSR count). The van der Waals surface area contributed by atoms with Gasteiger partial charge in [-0.1, -0.05) is 18.2 Å². The second-order valence-corrected chi connectivity index (χ2v) is 7.44. The molecule has 1 saturated heterocycles. The molecule has 1 aromatic heterocycles. The molecule has 0 radical (unpaired) electrons. The minimum Gasteiger partial charge on any atom is -0.490 e. The molecule has 5 heteroatoms. The number of likely N-dealkylation sites (tertiary alicyclic amines) is 1. The fraction of sp³-hybridized carbons (Fsp3) is 0.227. The van der Waals surface area contributed by atoms with E-state index in [-0.39, 0.29) is 17.8 Å². The molecule has 0 N–H and O–H groups in total. The van der Waals surface area contributed by atoms with Crippen LogP contribution in [-0.2, 0) is 0 Å². The Bertz CT molecular complexity index is 900. The Labute approximate surface area is 162 Å². The van der Waals surface area contributed by atoms with Gasteiger partial charge in [-0.2, -0.15) is 11.3 Å². The lowest BCUT2D eigenvalue weighted by Gasteiger charge is -2.32. The second kappa shape index (κ2) is 7.92. The van der Waals surface area contributed by atoms with Gasteiger partial charge in [0.2, 0.25) is 0 Å². The van der Waals surface area contributed by atoms with E-state index in [9.17, 15) is 9.18 Å². The second-order valence-electron chi connectivity index (χ2n) is 6.66. The highest BCUT2D eigenvalue weighted by molar-refractivity contribution is 7.08. The number of benzene rings is 2. The monoisotopic (exact) mass is 381 g/mol. The zero-order valence-electron chi connectivity index (χ0n) is 14.8. The average Bonchev–Trinajstić information content (AvgIpc) is 3.23. The number of halogens is 1. The van der Waals surface area contributed by atoms with Crippen LogP contribution in [0, 0.1) is 5.82 Å². The molecule has 1 aliphatic rings. The highest BCUT2D eigenvalue weighted by atomic mass is 32.1. The number of piperidine rings is 1. The number of carbonyl (C=O) groups excluding carboxylic acids is 1. The van der Waals surface area contributed by atoms with Gasteiger partial charge in [0.1, 0.15) is 17.7 Å². The van der Waals surface area contributed by atoms with Gasteiger partial charge in [0, 0.05) is 37.6 Å². The summed E-state index contributed by atoms with van der Waals surface area (Å²) in [6.45, 7) is 1.29. The zero-order chi connectivity index (χ0) is 18.6. The van der Waals surface area contributed by atoms with Crippen LogP contribution >= 0.6 is 11.3 Å². The minimum atomic E-state index is -0.300. The number of rotatable bonds is 4. The molecule has 1 fully saturated rings. The molecular formula is C22H20FNO2S. The summed E-state index contributed by atoms with van der Waals surface area (Å²) in [5.74, 6) is 0.297. The molecule has 3 nitrogen and oxygen atoms in total. The fourth-order valence-electron chi connectivity index (χ4n) is 3.33. The van der Waals surface area contributed by atoms with Crippen molar-refractivity contribution in [2.45, 2.75) is 18.9 Å². The van der Waals surface area contributed by atoms with Crippen molar-refractivity contribution in [2.75, 3.05) is 13.1 Å². The first-order chi connectivity index (χ1) is 13.2. The zero-order valence-corrected chi connectivity index (χ0v) is 15.6. The highest BCUT2D eigenvalue weighted by Gasteiger charge is 2.24. The molecule has 0 atom stereocenters. The van der Waals surface area contributed by atoms with Gasteiger partial charge in [-0.05, 0) is 52.2 Å². The van der Waals surface area contributed by atoms with E-state index >= 15 is 0 Å². The van der Waals surface area contributed by atoms with E-state index in [1.807, 2.05) is 34.5 Å². The summed E-state index contributed by atoms with van der Waals surface area (Å²) < 4.78 is 19.1. The van der Waals surface area contributed by atoms with E-state index in [1.165, 1.54) is 17.7 Å². The molecule has 0 saturated carbocycles. The maximum absolute atomic E-state index is 13.3.